The first-order valence-electron chi connectivity index (χ1n) is 4.87. The maximum Gasteiger partial charge on any atom is 0.330 e. The number of aliphatic hydroxyl groups excluding tert-OH is 1. The van der Waals surface area contributed by atoms with Gasteiger partial charge in [0.25, 0.3) is 10.7 Å². The lowest BCUT2D eigenvalue weighted by Gasteiger charge is -2.22. The molecule has 0 aliphatic carbocycles. The third kappa shape index (κ3) is 1.90. The van der Waals surface area contributed by atoms with E-state index in [2.05, 4.69) is 0 Å². The van der Waals surface area contributed by atoms with Crippen molar-refractivity contribution >= 4 is 11.6 Å². The summed E-state index contributed by atoms with van der Waals surface area (Å²) >= 11 is 5.53. The third-order valence-corrected chi connectivity index (χ3v) is 3.03. The molecule has 6 nitrogen and oxygen atoms in total. The number of aromatic nitrogens is 2. The second-order valence-corrected chi connectivity index (χ2v) is 4.41. The Kier molecular flexibility index (Phi) is 2.84. The van der Waals surface area contributed by atoms with Gasteiger partial charge in [-0.3, -0.25) is 14.3 Å². The second-order valence-electron chi connectivity index (χ2n) is 3.83. The number of alkyl halides is 2. The van der Waals surface area contributed by atoms with E-state index in [1.807, 2.05) is 4.98 Å². The molecular formula is C9H10ClFN2O4. The van der Waals surface area contributed by atoms with Crippen LogP contribution in [0.3, 0.4) is 0 Å². The first kappa shape index (κ1) is 12.3. The summed E-state index contributed by atoms with van der Waals surface area (Å²) in [6.45, 7) is 1.43. The zero-order chi connectivity index (χ0) is 12.8. The minimum absolute atomic E-state index is 0.614. The van der Waals surface area contributed by atoms with Gasteiger partial charge in [0, 0.05) is 12.3 Å². The molecule has 0 aromatic carbocycles. The Morgan fingerprint density at radius 3 is 2.76 bits per heavy atom. The molecule has 1 saturated heterocycles. The van der Waals surface area contributed by atoms with Crippen LogP contribution < -0.4 is 11.2 Å². The van der Waals surface area contributed by atoms with Crippen molar-refractivity contribution in [3.63, 3.8) is 0 Å². The number of aliphatic hydroxyl groups is 1. The van der Waals surface area contributed by atoms with E-state index in [-0.39, 0.29) is 0 Å². The van der Waals surface area contributed by atoms with E-state index in [4.69, 9.17) is 16.3 Å². The molecule has 2 heterocycles. The maximum atomic E-state index is 14.0. The molecule has 0 unspecified atom stereocenters. The molecule has 0 bridgehead atoms. The van der Waals surface area contributed by atoms with Crippen LogP contribution in [0.5, 0.6) is 0 Å². The van der Waals surface area contributed by atoms with E-state index in [1.165, 1.54) is 6.92 Å². The van der Waals surface area contributed by atoms with Gasteiger partial charge in [-0.1, -0.05) is 11.6 Å². The van der Waals surface area contributed by atoms with Gasteiger partial charge in [0.05, 0.1) is 6.10 Å². The molecule has 1 fully saturated rings. The zero-order valence-electron chi connectivity index (χ0n) is 8.76. The van der Waals surface area contributed by atoms with E-state index < -0.39 is 34.8 Å². The van der Waals surface area contributed by atoms with Gasteiger partial charge in [0.15, 0.2) is 6.23 Å². The number of hydrogen-bond acceptors (Lipinski definition) is 4. The highest BCUT2D eigenvalue weighted by Gasteiger charge is 2.56. The number of H-pyrrole nitrogens is 1. The first-order valence-corrected chi connectivity index (χ1v) is 5.24. The molecular weight excluding hydrogens is 255 g/mol. The van der Waals surface area contributed by atoms with Crippen LogP contribution in [0.15, 0.2) is 21.9 Å². The Bertz CT molecular complexity index is 540. The van der Waals surface area contributed by atoms with E-state index in [9.17, 15) is 19.1 Å². The molecule has 2 rings (SSSR count). The lowest BCUT2D eigenvalue weighted by molar-refractivity contribution is -0.0257. The highest BCUT2D eigenvalue weighted by molar-refractivity contribution is 6.23. The summed E-state index contributed by atoms with van der Waals surface area (Å²) in [5.74, 6) is 0. The van der Waals surface area contributed by atoms with Gasteiger partial charge in [-0.15, -0.1) is 0 Å². The van der Waals surface area contributed by atoms with Crippen molar-refractivity contribution in [2.45, 2.75) is 30.5 Å². The van der Waals surface area contributed by atoms with E-state index in [1.54, 1.807) is 0 Å². The molecule has 0 saturated carbocycles. The van der Waals surface area contributed by atoms with Crippen LogP contribution in [-0.2, 0) is 4.74 Å². The lowest BCUT2D eigenvalue weighted by atomic mass is 10.1. The number of hydrogen-bond donors (Lipinski definition) is 2. The van der Waals surface area contributed by atoms with Crippen LogP contribution in [0.25, 0.3) is 0 Å². The van der Waals surface area contributed by atoms with Gasteiger partial charge in [-0.2, -0.15) is 0 Å². The quantitative estimate of drug-likeness (QED) is 0.683. The average Bonchev–Trinajstić information content (AvgIpc) is 2.43. The largest absolute Gasteiger partial charge is 0.386 e. The number of halogens is 2. The van der Waals surface area contributed by atoms with Gasteiger partial charge in [-0.05, 0) is 6.92 Å². The minimum Gasteiger partial charge on any atom is -0.386 e. The Hall–Kier alpha value is -1.18. The summed E-state index contributed by atoms with van der Waals surface area (Å²) in [7, 11) is 0. The Labute approximate surface area is 99.6 Å². The topological polar surface area (TPSA) is 84.3 Å². The average molecular weight is 265 g/mol. The maximum absolute atomic E-state index is 14.0. The Morgan fingerprint density at radius 1 is 1.65 bits per heavy atom. The lowest BCUT2D eigenvalue weighted by Crippen LogP contribution is -2.41. The fraction of sp³-hybridized carbons (Fsp3) is 0.556. The molecule has 4 atom stereocenters. The first-order chi connectivity index (χ1) is 7.84. The van der Waals surface area contributed by atoms with Crippen molar-refractivity contribution in [3.8, 4) is 0 Å². The van der Waals surface area contributed by atoms with Gasteiger partial charge in [-0.25, -0.2) is 9.18 Å². The molecule has 8 heteroatoms. The summed E-state index contributed by atoms with van der Waals surface area (Å²) in [6, 6.07) is 1.03. The smallest absolute Gasteiger partial charge is 0.330 e. The second kappa shape index (κ2) is 3.94. The molecule has 17 heavy (non-hydrogen) atoms. The number of rotatable bonds is 1. The summed E-state index contributed by atoms with van der Waals surface area (Å²) in [6.07, 6.45) is -2.85. The van der Waals surface area contributed by atoms with Gasteiger partial charge < -0.3 is 9.84 Å². The van der Waals surface area contributed by atoms with Crippen molar-refractivity contribution in [2.75, 3.05) is 0 Å². The van der Waals surface area contributed by atoms with Crippen LogP contribution in [0, 0.1) is 0 Å². The Morgan fingerprint density at radius 2 is 2.29 bits per heavy atom. The van der Waals surface area contributed by atoms with Crippen LogP contribution >= 0.6 is 11.6 Å². The van der Waals surface area contributed by atoms with Crippen LogP contribution in [0.4, 0.5) is 4.39 Å². The summed E-state index contributed by atoms with van der Waals surface area (Å²) < 4.78 is 19.9. The third-order valence-electron chi connectivity index (χ3n) is 2.62. The summed E-state index contributed by atoms with van der Waals surface area (Å²) in [5, 5.41) is 6.86. The van der Waals surface area contributed by atoms with E-state index in [0.717, 1.165) is 16.8 Å². The zero-order valence-corrected chi connectivity index (χ0v) is 9.52. The SMILES string of the molecule is C[C@H]1O[C@@H](n2ccc(=O)[nH]c2=O)[C@@](F)(Cl)[C@@H]1O. The Balaban J connectivity index is 2.48. The molecule has 1 aromatic rings. The van der Waals surface area contributed by atoms with Crippen LogP contribution in [0.1, 0.15) is 13.2 Å². The monoisotopic (exact) mass is 264 g/mol. The molecule has 0 radical (unpaired) electrons. The molecule has 1 aromatic heterocycles. The normalized spacial score (nSPS) is 37.3. The molecule has 2 N–H and O–H groups in total. The van der Waals surface area contributed by atoms with Crippen molar-refractivity contribution in [2.24, 2.45) is 0 Å². The van der Waals surface area contributed by atoms with E-state index in [0.29, 0.717) is 0 Å². The van der Waals surface area contributed by atoms with Crippen LogP contribution in [-0.4, -0.2) is 32.0 Å². The predicted octanol–water partition coefficient (Wildman–Crippen LogP) is -0.281. The van der Waals surface area contributed by atoms with Crippen molar-refractivity contribution in [1.29, 1.82) is 0 Å². The minimum atomic E-state index is -2.62. The summed E-state index contributed by atoms with van der Waals surface area (Å²) in [4.78, 5) is 24.3. The van der Waals surface area contributed by atoms with Crippen molar-refractivity contribution < 1.29 is 14.2 Å². The number of nitrogens with one attached hydrogen (secondary N) is 1. The summed E-state index contributed by atoms with van der Waals surface area (Å²) in [5.41, 5.74) is -1.47. The molecule has 1 aliphatic heterocycles. The molecule has 0 amide bonds. The standard InChI is InChI=1S/C9H10ClFN2O4/c1-4-6(15)9(10,11)7(17-4)13-3-2-5(14)12-8(13)16/h2-4,6-7,15H,1H3,(H,12,14,16)/t4-,6-,7-,9-/m1/s1. The molecule has 94 valence electrons. The van der Waals surface area contributed by atoms with Gasteiger partial charge in [0.1, 0.15) is 6.10 Å². The fourth-order valence-corrected chi connectivity index (χ4v) is 2.02. The highest BCUT2D eigenvalue weighted by Crippen LogP contribution is 2.43. The van der Waals surface area contributed by atoms with Crippen LogP contribution in [0.2, 0.25) is 0 Å². The van der Waals surface area contributed by atoms with Crippen molar-refractivity contribution in [3.05, 3.63) is 33.1 Å². The number of nitrogens with zero attached hydrogens (tertiary/aromatic N) is 1. The fourth-order valence-electron chi connectivity index (χ4n) is 1.69. The van der Waals surface area contributed by atoms with Gasteiger partial charge in [0.2, 0.25) is 0 Å². The number of ether oxygens (including phenoxy) is 1. The van der Waals surface area contributed by atoms with Gasteiger partial charge >= 0.3 is 5.69 Å². The van der Waals surface area contributed by atoms with E-state index >= 15 is 0 Å². The van der Waals surface area contributed by atoms with Crippen molar-refractivity contribution in [1.82, 2.24) is 9.55 Å². The molecule has 0 spiro atoms. The molecule has 1 aliphatic rings. The number of aromatic amines is 1. The predicted molar refractivity (Wildman–Crippen MR) is 56.6 cm³/mol. The highest BCUT2D eigenvalue weighted by atomic mass is 35.5.